The maximum atomic E-state index is 12.4. The number of benzene rings is 2. The van der Waals surface area contributed by atoms with Crippen LogP contribution in [0, 0.1) is 19.8 Å². The third-order valence-electron chi connectivity index (χ3n) is 6.41. The first kappa shape index (κ1) is 21.3. The van der Waals surface area contributed by atoms with Gasteiger partial charge in [0.25, 0.3) is 0 Å². The van der Waals surface area contributed by atoms with E-state index in [2.05, 4.69) is 59.5 Å². The molecule has 0 radical (unpaired) electrons. The van der Waals surface area contributed by atoms with Crippen LogP contribution >= 0.6 is 0 Å². The largest absolute Gasteiger partial charge is 0.381 e. The van der Waals surface area contributed by atoms with Crippen LogP contribution in [0.3, 0.4) is 0 Å². The summed E-state index contributed by atoms with van der Waals surface area (Å²) in [6, 6.07) is 14.7. The molecule has 1 aliphatic heterocycles. The van der Waals surface area contributed by atoms with E-state index < -0.39 is 0 Å². The first-order chi connectivity index (χ1) is 15.1. The monoisotopic (exact) mass is 417 g/mol. The van der Waals surface area contributed by atoms with Gasteiger partial charge in [0.1, 0.15) is 0 Å². The Morgan fingerprint density at radius 3 is 2.65 bits per heavy atom. The van der Waals surface area contributed by atoms with Gasteiger partial charge in [0.05, 0.1) is 6.33 Å². The van der Waals surface area contributed by atoms with Crippen molar-refractivity contribution in [3.05, 3.63) is 82.9 Å². The lowest BCUT2D eigenvalue weighted by atomic mass is 9.85. The van der Waals surface area contributed by atoms with Crippen LogP contribution in [-0.4, -0.2) is 29.1 Å². The molecule has 0 spiro atoms. The minimum absolute atomic E-state index is 0.0883. The highest BCUT2D eigenvalue weighted by atomic mass is 16.5. The summed E-state index contributed by atoms with van der Waals surface area (Å²) >= 11 is 0. The van der Waals surface area contributed by atoms with Crippen molar-refractivity contribution in [1.29, 1.82) is 0 Å². The SMILES string of the molecule is Cc1cccc(C(Cc2ccc(NC(=O)CC3CCOCC3)cc2)c2cnc[nH]2)c1C. The van der Waals surface area contributed by atoms with Gasteiger partial charge in [-0.2, -0.15) is 0 Å². The van der Waals surface area contributed by atoms with E-state index in [9.17, 15) is 4.79 Å². The van der Waals surface area contributed by atoms with Gasteiger partial charge in [0, 0.05) is 43.1 Å². The van der Waals surface area contributed by atoms with Crippen LogP contribution in [0.25, 0.3) is 0 Å². The summed E-state index contributed by atoms with van der Waals surface area (Å²) in [7, 11) is 0. The van der Waals surface area contributed by atoms with Gasteiger partial charge in [-0.25, -0.2) is 4.98 Å². The van der Waals surface area contributed by atoms with Crippen LogP contribution in [0.5, 0.6) is 0 Å². The highest BCUT2D eigenvalue weighted by Crippen LogP contribution is 2.31. The summed E-state index contributed by atoms with van der Waals surface area (Å²) in [4.78, 5) is 19.9. The van der Waals surface area contributed by atoms with Gasteiger partial charge in [0.15, 0.2) is 0 Å². The van der Waals surface area contributed by atoms with Gasteiger partial charge in [-0.15, -0.1) is 0 Å². The molecule has 2 N–H and O–H groups in total. The maximum absolute atomic E-state index is 12.4. The van der Waals surface area contributed by atoms with Crippen molar-refractivity contribution in [3.63, 3.8) is 0 Å². The topological polar surface area (TPSA) is 67.0 Å². The predicted octanol–water partition coefficient (Wildman–Crippen LogP) is 5.16. The van der Waals surface area contributed by atoms with Gasteiger partial charge in [-0.05, 0) is 73.4 Å². The molecule has 1 aromatic heterocycles. The first-order valence-corrected chi connectivity index (χ1v) is 11.1. The maximum Gasteiger partial charge on any atom is 0.224 e. The third kappa shape index (κ3) is 5.42. The molecule has 1 amide bonds. The van der Waals surface area contributed by atoms with Crippen LogP contribution < -0.4 is 5.32 Å². The fraction of sp³-hybridized carbons (Fsp3) is 0.385. The fourth-order valence-corrected chi connectivity index (χ4v) is 4.38. The second kappa shape index (κ2) is 9.92. The second-order valence-corrected chi connectivity index (χ2v) is 8.56. The van der Waals surface area contributed by atoms with Crippen molar-refractivity contribution in [2.75, 3.05) is 18.5 Å². The van der Waals surface area contributed by atoms with Gasteiger partial charge in [-0.3, -0.25) is 4.79 Å². The minimum atomic E-state index is 0.0883. The first-order valence-electron chi connectivity index (χ1n) is 11.1. The minimum Gasteiger partial charge on any atom is -0.381 e. The smallest absolute Gasteiger partial charge is 0.224 e. The number of nitrogens with zero attached hydrogens (tertiary/aromatic N) is 1. The number of carbonyl (C=O) groups excluding carboxylic acids is 1. The van der Waals surface area contributed by atoms with E-state index in [1.54, 1.807) is 6.33 Å². The van der Waals surface area contributed by atoms with E-state index in [4.69, 9.17) is 4.74 Å². The number of nitrogens with one attached hydrogen (secondary N) is 2. The molecule has 0 bridgehead atoms. The number of hydrogen-bond acceptors (Lipinski definition) is 3. The molecule has 0 saturated carbocycles. The second-order valence-electron chi connectivity index (χ2n) is 8.56. The zero-order valence-corrected chi connectivity index (χ0v) is 18.4. The number of carbonyl (C=O) groups is 1. The van der Waals surface area contributed by atoms with Crippen molar-refractivity contribution in [2.24, 2.45) is 5.92 Å². The Morgan fingerprint density at radius 2 is 1.94 bits per heavy atom. The van der Waals surface area contributed by atoms with Crippen molar-refractivity contribution in [2.45, 2.75) is 45.4 Å². The van der Waals surface area contributed by atoms with Gasteiger partial charge in [-0.1, -0.05) is 30.3 Å². The number of rotatable bonds is 7. The Bertz CT molecular complexity index is 990. The number of hydrogen-bond donors (Lipinski definition) is 2. The van der Waals surface area contributed by atoms with Crippen molar-refractivity contribution in [1.82, 2.24) is 9.97 Å². The lowest BCUT2D eigenvalue weighted by Gasteiger charge is -2.21. The van der Waals surface area contributed by atoms with Crippen LogP contribution in [-0.2, 0) is 16.0 Å². The van der Waals surface area contributed by atoms with Gasteiger partial charge >= 0.3 is 0 Å². The molecule has 162 valence electrons. The van der Waals surface area contributed by atoms with E-state index in [0.29, 0.717) is 12.3 Å². The molecule has 1 aliphatic rings. The Morgan fingerprint density at radius 1 is 1.16 bits per heavy atom. The number of ether oxygens (including phenoxy) is 1. The molecule has 2 heterocycles. The predicted molar refractivity (Wildman–Crippen MR) is 123 cm³/mol. The number of aryl methyl sites for hydroxylation is 1. The molecule has 2 aromatic carbocycles. The average Bonchev–Trinajstić information content (AvgIpc) is 3.31. The summed E-state index contributed by atoms with van der Waals surface area (Å²) < 4.78 is 5.38. The molecule has 3 aromatic rings. The quantitative estimate of drug-likeness (QED) is 0.558. The number of H-pyrrole nitrogens is 1. The molecule has 31 heavy (non-hydrogen) atoms. The van der Waals surface area contributed by atoms with Crippen molar-refractivity contribution >= 4 is 11.6 Å². The Kier molecular flexibility index (Phi) is 6.82. The molecular weight excluding hydrogens is 386 g/mol. The Hall–Kier alpha value is -2.92. The molecule has 1 unspecified atom stereocenters. The summed E-state index contributed by atoms with van der Waals surface area (Å²) in [5, 5.41) is 3.05. The fourth-order valence-electron chi connectivity index (χ4n) is 4.38. The molecule has 0 aliphatic carbocycles. The lowest BCUT2D eigenvalue weighted by molar-refractivity contribution is -0.117. The van der Waals surface area contributed by atoms with Gasteiger partial charge < -0.3 is 15.0 Å². The standard InChI is InChI=1S/C26H31N3O2/c1-18-4-3-5-23(19(18)2)24(25-16-27-17-28-25)14-20-6-8-22(9-7-20)29-26(30)15-21-10-12-31-13-11-21/h3-9,16-17,21,24H,10-15H2,1-2H3,(H,27,28)(H,29,30). The summed E-state index contributed by atoms with van der Waals surface area (Å²) in [5.41, 5.74) is 7.12. The van der Waals surface area contributed by atoms with Crippen molar-refractivity contribution < 1.29 is 9.53 Å². The van der Waals surface area contributed by atoms with E-state index in [1.807, 2.05) is 18.3 Å². The zero-order chi connectivity index (χ0) is 21.6. The normalized spacial score (nSPS) is 15.5. The molecule has 1 saturated heterocycles. The molecule has 5 heteroatoms. The number of anilines is 1. The van der Waals surface area contributed by atoms with E-state index in [-0.39, 0.29) is 11.8 Å². The van der Waals surface area contributed by atoms with E-state index >= 15 is 0 Å². The number of imidazole rings is 1. The molecule has 5 nitrogen and oxygen atoms in total. The van der Waals surface area contributed by atoms with Crippen LogP contribution in [0.1, 0.15) is 53.1 Å². The Balaban J connectivity index is 1.44. The lowest BCUT2D eigenvalue weighted by Crippen LogP contribution is -2.22. The number of aromatic nitrogens is 2. The molecule has 4 rings (SSSR count). The molecular formula is C26H31N3O2. The van der Waals surface area contributed by atoms with Crippen LogP contribution in [0.4, 0.5) is 5.69 Å². The summed E-state index contributed by atoms with van der Waals surface area (Å²) in [5.74, 6) is 0.725. The molecule has 1 atom stereocenters. The Labute approximate surface area is 184 Å². The van der Waals surface area contributed by atoms with Crippen LogP contribution in [0.2, 0.25) is 0 Å². The highest BCUT2D eigenvalue weighted by Gasteiger charge is 2.20. The number of amides is 1. The van der Waals surface area contributed by atoms with Gasteiger partial charge in [0.2, 0.25) is 5.91 Å². The average molecular weight is 418 g/mol. The highest BCUT2D eigenvalue weighted by molar-refractivity contribution is 5.90. The third-order valence-corrected chi connectivity index (χ3v) is 6.41. The number of aromatic amines is 1. The van der Waals surface area contributed by atoms with Crippen molar-refractivity contribution in [3.8, 4) is 0 Å². The summed E-state index contributed by atoms with van der Waals surface area (Å²) in [6.07, 6.45) is 7.03. The molecule has 1 fully saturated rings. The van der Waals surface area contributed by atoms with E-state index in [1.165, 1.54) is 22.3 Å². The van der Waals surface area contributed by atoms with Crippen LogP contribution in [0.15, 0.2) is 55.0 Å². The summed E-state index contributed by atoms with van der Waals surface area (Å²) in [6.45, 7) is 5.88. The van der Waals surface area contributed by atoms with E-state index in [0.717, 1.165) is 43.9 Å². The zero-order valence-electron chi connectivity index (χ0n) is 18.4.